The van der Waals surface area contributed by atoms with E-state index in [1.807, 2.05) is 21.1 Å². The predicted octanol–water partition coefficient (Wildman–Crippen LogP) is 20.3. The quantitative estimate of drug-likeness (QED) is 0.0195. The Morgan fingerprint density at radius 2 is 0.667 bits per heavy atom. The predicted molar refractivity (Wildman–Crippen MR) is 343 cm³/mol. The Hall–Kier alpha value is -2.49. The monoisotopic (exact) mass is 1140 g/mol. The molecule has 9 heteroatoms. The Kier molecular flexibility index (Phi) is 61.6. The van der Waals surface area contributed by atoms with Gasteiger partial charge in [-0.15, -0.1) is 0 Å². The first kappa shape index (κ1) is 78.5. The van der Waals surface area contributed by atoms with Crippen molar-refractivity contribution >= 4 is 17.9 Å². The van der Waals surface area contributed by atoms with Gasteiger partial charge in [0.25, 0.3) is 0 Å². The number of carboxylic acid groups (broad SMARTS) is 1. The van der Waals surface area contributed by atoms with E-state index in [1.165, 1.54) is 276 Å². The fourth-order valence-corrected chi connectivity index (χ4v) is 10.4. The molecule has 0 spiro atoms. The van der Waals surface area contributed by atoms with Crippen molar-refractivity contribution in [3.05, 3.63) is 36.5 Å². The number of likely N-dealkylation sites (N-methyl/N-ethyl adjacent to an activating group) is 1. The molecule has 0 amide bonds. The largest absolute Gasteiger partial charge is 0.545 e. The zero-order valence-corrected chi connectivity index (χ0v) is 54.4. The first-order valence-corrected chi connectivity index (χ1v) is 35.1. The SMILES string of the molecule is CCCCCCC/C=C\C/C=C\CCCCCCCCCCCCCCCCCCCCCCCCCCCC(=O)OC(COC(=O)CCCCCCCCCCC/C=C\CCCCCCCC)COC(OCC[N+](C)(C)C)C(=O)[O-]. The lowest BCUT2D eigenvalue weighted by atomic mass is 10.0. The molecule has 9 nitrogen and oxygen atoms in total. The topological polar surface area (TPSA) is 111 Å². The van der Waals surface area contributed by atoms with Crippen LogP contribution in [0.15, 0.2) is 36.5 Å². The zero-order valence-electron chi connectivity index (χ0n) is 54.4. The number of aliphatic carboxylic acids is 1. The van der Waals surface area contributed by atoms with E-state index >= 15 is 0 Å². The second kappa shape index (κ2) is 63.5. The summed E-state index contributed by atoms with van der Waals surface area (Å²) in [5.41, 5.74) is 0. The number of carbonyl (C=O) groups is 3. The third-order valence-corrected chi connectivity index (χ3v) is 15.9. The third kappa shape index (κ3) is 64.9. The zero-order chi connectivity index (χ0) is 59.1. The van der Waals surface area contributed by atoms with Gasteiger partial charge < -0.3 is 33.3 Å². The maximum Gasteiger partial charge on any atom is 0.306 e. The highest BCUT2D eigenvalue weighted by Crippen LogP contribution is 2.18. The number of hydrogen-bond acceptors (Lipinski definition) is 8. The fraction of sp³-hybridized carbons (Fsp3) is 0.875. The Morgan fingerprint density at radius 3 is 0.988 bits per heavy atom. The van der Waals surface area contributed by atoms with E-state index in [-0.39, 0.29) is 32.2 Å². The van der Waals surface area contributed by atoms with Crippen molar-refractivity contribution in [2.45, 2.75) is 360 Å². The van der Waals surface area contributed by atoms with Gasteiger partial charge in [0, 0.05) is 12.8 Å². The van der Waals surface area contributed by atoms with Crippen LogP contribution in [0.3, 0.4) is 0 Å². The highest BCUT2D eigenvalue weighted by atomic mass is 16.7. The molecular formula is C72H135NO8. The van der Waals surface area contributed by atoms with E-state index in [9.17, 15) is 19.5 Å². The molecule has 0 aliphatic heterocycles. The Bertz CT molecular complexity index is 1420. The van der Waals surface area contributed by atoms with Crippen LogP contribution in [0.1, 0.15) is 348 Å². The van der Waals surface area contributed by atoms with Gasteiger partial charge in [0.1, 0.15) is 13.2 Å². The number of rotatable bonds is 66. The van der Waals surface area contributed by atoms with Crippen LogP contribution >= 0.6 is 0 Å². The van der Waals surface area contributed by atoms with E-state index in [2.05, 4.69) is 50.3 Å². The van der Waals surface area contributed by atoms with Gasteiger partial charge in [-0.3, -0.25) is 9.59 Å². The van der Waals surface area contributed by atoms with Gasteiger partial charge >= 0.3 is 11.9 Å². The van der Waals surface area contributed by atoms with Gasteiger partial charge in [-0.1, -0.05) is 301 Å². The summed E-state index contributed by atoms with van der Waals surface area (Å²) in [5.74, 6) is -2.26. The van der Waals surface area contributed by atoms with Crippen molar-refractivity contribution in [1.82, 2.24) is 0 Å². The molecule has 0 aliphatic rings. The number of esters is 2. The van der Waals surface area contributed by atoms with E-state index in [0.717, 1.165) is 44.9 Å². The van der Waals surface area contributed by atoms with Crippen molar-refractivity contribution in [1.29, 1.82) is 0 Å². The van der Waals surface area contributed by atoms with Crippen molar-refractivity contribution in [2.24, 2.45) is 0 Å². The van der Waals surface area contributed by atoms with Gasteiger partial charge in [-0.2, -0.15) is 0 Å². The standard InChI is InChI=1S/C72H135NO8/c1-6-8-10-12-14-16-18-20-22-24-26-27-28-29-30-31-32-33-34-35-36-37-38-39-40-41-42-43-45-47-49-51-53-55-57-59-61-63-70(75)81-68(67-80-72(71(76)77)78-65-64-73(3,4)5)66-79-69(74)62-60-58-56-54-52-50-48-46-44-25-23-21-19-17-15-13-11-9-7-2/h18,20-21,23-24,26,68,72H,6-17,19,22,25,27-67H2,1-5H3/b20-18-,23-21-,26-24-. The molecule has 0 aromatic heterocycles. The molecule has 0 aromatic rings. The molecule has 0 aliphatic carbocycles. The average Bonchev–Trinajstić information content (AvgIpc) is 3.44. The molecule has 476 valence electrons. The molecule has 0 aromatic carbocycles. The van der Waals surface area contributed by atoms with Gasteiger partial charge in [0.05, 0.1) is 40.3 Å². The minimum atomic E-state index is -1.62. The minimum Gasteiger partial charge on any atom is -0.545 e. The van der Waals surface area contributed by atoms with E-state index in [4.69, 9.17) is 18.9 Å². The maximum atomic E-state index is 12.9. The van der Waals surface area contributed by atoms with E-state index < -0.39 is 24.3 Å². The lowest BCUT2D eigenvalue weighted by molar-refractivity contribution is -0.870. The highest BCUT2D eigenvalue weighted by Gasteiger charge is 2.22. The Balaban J connectivity index is 3.99. The summed E-state index contributed by atoms with van der Waals surface area (Å²) in [6.07, 6.45) is 76.7. The molecule has 2 atom stereocenters. The van der Waals surface area contributed by atoms with Crippen molar-refractivity contribution in [3.63, 3.8) is 0 Å². The number of nitrogens with zero attached hydrogens (tertiary/aromatic N) is 1. The van der Waals surface area contributed by atoms with E-state index in [0.29, 0.717) is 17.4 Å². The molecule has 0 heterocycles. The number of allylic oxidation sites excluding steroid dienone is 6. The van der Waals surface area contributed by atoms with Crippen molar-refractivity contribution in [2.75, 3.05) is 47.5 Å². The molecule has 0 radical (unpaired) electrons. The molecule has 0 bridgehead atoms. The summed E-state index contributed by atoms with van der Waals surface area (Å²) in [5, 5.41) is 11.8. The lowest BCUT2D eigenvalue weighted by Crippen LogP contribution is -2.44. The summed E-state index contributed by atoms with van der Waals surface area (Å²) in [4.78, 5) is 37.4. The van der Waals surface area contributed by atoms with Crippen LogP contribution in [0.4, 0.5) is 0 Å². The van der Waals surface area contributed by atoms with Gasteiger partial charge in [0.15, 0.2) is 12.4 Å². The van der Waals surface area contributed by atoms with Crippen LogP contribution in [0, 0.1) is 0 Å². The maximum absolute atomic E-state index is 12.9. The summed E-state index contributed by atoms with van der Waals surface area (Å²) in [6, 6.07) is 0. The second-order valence-electron chi connectivity index (χ2n) is 25.2. The number of carbonyl (C=O) groups excluding carboxylic acids is 3. The molecule has 81 heavy (non-hydrogen) atoms. The molecule has 0 N–H and O–H groups in total. The minimum absolute atomic E-state index is 0.150. The molecular weight excluding hydrogens is 1010 g/mol. The smallest absolute Gasteiger partial charge is 0.306 e. The number of ether oxygens (including phenoxy) is 4. The highest BCUT2D eigenvalue weighted by molar-refractivity contribution is 5.70. The molecule has 0 saturated heterocycles. The summed E-state index contributed by atoms with van der Waals surface area (Å²) >= 11 is 0. The number of quaternary nitrogens is 1. The normalized spacial score (nSPS) is 12.9. The van der Waals surface area contributed by atoms with Gasteiger partial charge in [0.2, 0.25) is 0 Å². The molecule has 0 rings (SSSR count). The van der Waals surface area contributed by atoms with Crippen LogP contribution in [0.2, 0.25) is 0 Å². The number of carboxylic acids is 1. The van der Waals surface area contributed by atoms with Crippen LogP contribution in [0.25, 0.3) is 0 Å². The summed E-state index contributed by atoms with van der Waals surface area (Å²) < 4.78 is 22.8. The lowest BCUT2D eigenvalue weighted by Gasteiger charge is -2.26. The molecule has 0 fully saturated rings. The molecule has 2 unspecified atom stereocenters. The summed E-state index contributed by atoms with van der Waals surface area (Å²) in [6.45, 7) is 4.79. The second-order valence-corrected chi connectivity index (χ2v) is 25.2. The molecule has 0 saturated carbocycles. The fourth-order valence-electron chi connectivity index (χ4n) is 10.4. The van der Waals surface area contributed by atoms with Crippen LogP contribution < -0.4 is 5.11 Å². The van der Waals surface area contributed by atoms with Gasteiger partial charge in [-0.05, 0) is 70.6 Å². The number of hydrogen-bond donors (Lipinski definition) is 0. The van der Waals surface area contributed by atoms with Crippen molar-refractivity contribution in [3.8, 4) is 0 Å². The average molecular weight is 1140 g/mol. The first-order chi connectivity index (χ1) is 39.6. The Labute approximate surface area is 502 Å². The van der Waals surface area contributed by atoms with Gasteiger partial charge in [-0.25, -0.2) is 0 Å². The first-order valence-electron chi connectivity index (χ1n) is 35.1. The van der Waals surface area contributed by atoms with Crippen molar-refractivity contribution < 1.29 is 42.9 Å². The van der Waals surface area contributed by atoms with Crippen LogP contribution in [-0.2, 0) is 33.3 Å². The number of unbranched alkanes of at least 4 members (excludes halogenated alkanes) is 45. The Morgan fingerprint density at radius 1 is 0.370 bits per heavy atom. The van der Waals surface area contributed by atoms with Crippen LogP contribution in [-0.4, -0.2) is 82.3 Å². The van der Waals surface area contributed by atoms with Crippen LogP contribution in [0.5, 0.6) is 0 Å². The van der Waals surface area contributed by atoms with E-state index in [1.54, 1.807) is 0 Å². The third-order valence-electron chi connectivity index (χ3n) is 15.9. The summed E-state index contributed by atoms with van der Waals surface area (Å²) in [7, 11) is 5.94.